The molecule has 0 aliphatic carbocycles. The van der Waals surface area contributed by atoms with E-state index in [1.807, 2.05) is 6.20 Å². The summed E-state index contributed by atoms with van der Waals surface area (Å²) >= 11 is 0. The van der Waals surface area contributed by atoms with Crippen LogP contribution in [0.15, 0.2) is 12.4 Å². The van der Waals surface area contributed by atoms with Crippen molar-refractivity contribution >= 4 is 0 Å². The number of aromatic amines is 1. The molecule has 0 aromatic carbocycles. The van der Waals surface area contributed by atoms with E-state index in [1.165, 1.54) is 0 Å². The number of H-pyrrole nitrogens is 1. The topological polar surface area (TPSA) is 49.9 Å². The molecule has 0 saturated carbocycles. The number of hydrogen-bond acceptors (Lipinski definition) is 3. The highest BCUT2D eigenvalue weighted by molar-refractivity contribution is 4.86. The lowest BCUT2D eigenvalue weighted by molar-refractivity contribution is 0.132. The van der Waals surface area contributed by atoms with Crippen molar-refractivity contribution in [3.8, 4) is 0 Å². The summed E-state index contributed by atoms with van der Waals surface area (Å²) in [5.41, 5.74) is 0. The monoisotopic (exact) mass is 225 g/mol. The van der Waals surface area contributed by atoms with Gasteiger partial charge in [0.05, 0.1) is 0 Å². The SMILES string of the molecule is CCCOCCCNCCCc1ncc[nH]1. The molecule has 0 bridgehead atoms. The quantitative estimate of drug-likeness (QED) is 0.596. The predicted molar refractivity (Wildman–Crippen MR) is 65.5 cm³/mol. The Morgan fingerprint density at radius 3 is 2.94 bits per heavy atom. The molecule has 0 radical (unpaired) electrons. The van der Waals surface area contributed by atoms with Crippen LogP contribution in [0.25, 0.3) is 0 Å². The average Bonchev–Trinajstić information content (AvgIpc) is 2.80. The van der Waals surface area contributed by atoms with E-state index in [-0.39, 0.29) is 0 Å². The number of nitrogens with one attached hydrogen (secondary N) is 2. The number of aromatic nitrogens is 2. The molecule has 0 spiro atoms. The first-order chi connectivity index (χ1) is 7.93. The van der Waals surface area contributed by atoms with Crippen LogP contribution in [0, 0.1) is 0 Å². The third-order valence-electron chi connectivity index (χ3n) is 2.31. The summed E-state index contributed by atoms with van der Waals surface area (Å²) in [6.07, 6.45) is 8.02. The van der Waals surface area contributed by atoms with Crippen molar-refractivity contribution in [3.63, 3.8) is 0 Å². The van der Waals surface area contributed by atoms with E-state index >= 15 is 0 Å². The van der Waals surface area contributed by atoms with Gasteiger partial charge in [0.2, 0.25) is 0 Å². The van der Waals surface area contributed by atoms with Gasteiger partial charge in [-0.1, -0.05) is 6.92 Å². The minimum atomic E-state index is 0.874. The molecule has 16 heavy (non-hydrogen) atoms. The zero-order valence-corrected chi connectivity index (χ0v) is 10.2. The lowest BCUT2D eigenvalue weighted by Gasteiger charge is -2.04. The van der Waals surface area contributed by atoms with Crippen LogP contribution in [-0.4, -0.2) is 36.3 Å². The van der Waals surface area contributed by atoms with E-state index < -0.39 is 0 Å². The van der Waals surface area contributed by atoms with Crippen LogP contribution in [-0.2, 0) is 11.2 Å². The van der Waals surface area contributed by atoms with E-state index in [9.17, 15) is 0 Å². The molecule has 4 nitrogen and oxygen atoms in total. The first-order valence-electron chi connectivity index (χ1n) is 6.20. The molecule has 0 aliphatic heterocycles. The summed E-state index contributed by atoms with van der Waals surface area (Å²) in [4.78, 5) is 7.28. The molecule has 1 aromatic heterocycles. The Balaban J connectivity index is 1.78. The van der Waals surface area contributed by atoms with Crippen LogP contribution < -0.4 is 5.32 Å². The molecule has 0 atom stereocenters. The molecule has 0 aliphatic rings. The van der Waals surface area contributed by atoms with E-state index in [0.717, 1.165) is 57.8 Å². The standard InChI is InChI=1S/C12H23N3O/c1-2-10-16-11-4-7-13-6-3-5-12-14-8-9-15-12/h8-9,13H,2-7,10-11H2,1H3,(H,14,15). The summed E-state index contributed by atoms with van der Waals surface area (Å²) in [5.74, 6) is 1.08. The Hall–Kier alpha value is -0.870. The first kappa shape index (κ1) is 13.2. The van der Waals surface area contributed by atoms with Gasteiger partial charge in [-0.15, -0.1) is 0 Å². The summed E-state index contributed by atoms with van der Waals surface area (Å²) in [5, 5.41) is 3.40. The van der Waals surface area contributed by atoms with Crippen molar-refractivity contribution in [1.82, 2.24) is 15.3 Å². The molecule has 0 amide bonds. The van der Waals surface area contributed by atoms with Gasteiger partial charge >= 0.3 is 0 Å². The van der Waals surface area contributed by atoms with E-state index in [2.05, 4.69) is 22.2 Å². The van der Waals surface area contributed by atoms with E-state index in [1.54, 1.807) is 6.20 Å². The molecular formula is C12H23N3O. The van der Waals surface area contributed by atoms with E-state index in [0.29, 0.717) is 0 Å². The van der Waals surface area contributed by atoms with Gasteiger partial charge in [0.25, 0.3) is 0 Å². The highest BCUT2D eigenvalue weighted by Gasteiger charge is 1.94. The van der Waals surface area contributed by atoms with Crippen molar-refractivity contribution in [2.45, 2.75) is 32.6 Å². The highest BCUT2D eigenvalue weighted by Crippen LogP contribution is 1.93. The molecule has 1 aromatic rings. The van der Waals surface area contributed by atoms with Crippen LogP contribution in [0.5, 0.6) is 0 Å². The van der Waals surface area contributed by atoms with Crippen LogP contribution in [0.1, 0.15) is 32.0 Å². The molecule has 1 rings (SSSR count). The first-order valence-corrected chi connectivity index (χ1v) is 6.20. The van der Waals surface area contributed by atoms with Gasteiger partial charge in [0.1, 0.15) is 5.82 Å². The minimum absolute atomic E-state index is 0.874. The smallest absolute Gasteiger partial charge is 0.106 e. The summed E-state index contributed by atoms with van der Waals surface area (Å²) in [6.45, 7) is 5.99. The second kappa shape index (κ2) is 9.36. The van der Waals surface area contributed by atoms with Crippen molar-refractivity contribution in [2.24, 2.45) is 0 Å². The molecule has 1 heterocycles. The number of aryl methyl sites for hydroxylation is 1. The van der Waals surface area contributed by atoms with Crippen molar-refractivity contribution in [1.29, 1.82) is 0 Å². The Labute approximate surface area is 97.8 Å². The number of hydrogen-bond donors (Lipinski definition) is 2. The molecule has 0 unspecified atom stereocenters. The Morgan fingerprint density at radius 2 is 2.19 bits per heavy atom. The van der Waals surface area contributed by atoms with Gasteiger partial charge in [-0.2, -0.15) is 0 Å². The van der Waals surface area contributed by atoms with Gasteiger partial charge in [-0.25, -0.2) is 4.98 Å². The normalized spacial score (nSPS) is 10.8. The van der Waals surface area contributed by atoms with Crippen molar-refractivity contribution in [3.05, 3.63) is 18.2 Å². The van der Waals surface area contributed by atoms with Crippen LogP contribution in [0.2, 0.25) is 0 Å². The third-order valence-corrected chi connectivity index (χ3v) is 2.31. The van der Waals surface area contributed by atoms with Crippen molar-refractivity contribution in [2.75, 3.05) is 26.3 Å². The zero-order chi connectivity index (χ0) is 11.5. The second-order valence-corrected chi connectivity index (χ2v) is 3.86. The predicted octanol–water partition coefficient (Wildman–Crippen LogP) is 1.75. The molecule has 0 saturated heterocycles. The molecule has 92 valence electrons. The van der Waals surface area contributed by atoms with E-state index in [4.69, 9.17) is 4.74 Å². The fourth-order valence-electron chi connectivity index (χ4n) is 1.49. The summed E-state index contributed by atoms with van der Waals surface area (Å²) in [7, 11) is 0. The van der Waals surface area contributed by atoms with Crippen LogP contribution in [0.3, 0.4) is 0 Å². The minimum Gasteiger partial charge on any atom is -0.381 e. The summed E-state index contributed by atoms with van der Waals surface area (Å²) in [6, 6.07) is 0. The molecule has 4 heteroatoms. The van der Waals surface area contributed by atoms with Gasteiger partial charge in [0.15, 0.2) is 0 Å². The Morgan fingerprint density at radius 1 is 1.31 bits per heavy atom. The third kappa shape index (κ3) is 6.58. The molecular weight excluding hydrogens is 202 g/mol. The number of imidazole rings is 1. The molecule has 0 fully saturated rings. The number of ether oxygens (including phenoxy) is 1. The zero-order valence-electron chi connectivity index (χ0n) is 10.2. The fourth-order valence-corrected chi connectivity index (χ4v) is 1.49. The average molecular weight is 225 g/mol. The number of nitrogens with zero attached hydrogens (tertiary/aromatic N) is 1. The van der Waals surface area contributed by atoms with Gasteiger partial charge in [-0.3, -0.25) is 0 Å². The maximum absolute atomic E-state index is 5.39. The van der Waals surface area contributed by atoms with Crippen LogP contribution in [0.4, 0.5) is 0 Å². The van der Waals surface area contributed by atoms with Gasteiger partial charge in [-0.05, 0) is 32.4 Å². The lowest BCUT2D eigenvalue weighted by Crippen LogP contribution is -2.18. The Kier molecular flexibility index (Phi) is 7.72. The maximum Gasteiger partial charge on any atom is 0.106 e. The van der Waals surface area contributed by atoms with Crippen LogP contribution >= 0.6 is 0 Å². The largest absolute Gasteiger partial charge is 0.381 e. The number of rotatable bonds is 10. The fraction of sp³-hybridized carbons (Fsp3) is 0.750. The molecule has 2 N–H and O–H groups in total. The highest BCUT2D eigenvalue weighted by atomic mass is 16.5. The lowest BCUT2D eigenvalue weighted by atomic mass is 10.3. The maximum atomic E-state index is 5.39. The second-order valence-electron chi connectivity index (χ2n) is 3.86. The Bertz CT molecular complexity index is 236. The van der Waals surface area contributed by atoms with Gasteiger partial charge in [0, 0.05) is 32.0 Å². The van der Waals surface area contributed by atoms with Crippen molar-refractivity contribution < 1.29 is 4.74 Å². The van der Waals surface area contributed by atoms with Gasteiger partial charge < -0.3 is 15.0 Å². The summed E-state index contributed by atoms with van der Waals surface area (Å²) < 4.78 is 5.39.